The maximum atomic E-state index is 5.42. The van der Waals surface area contributed by atoms with E-state index in [1.54, 1.807) is 0 Å². The topological polar surface area (TPSA) is 54.2 Å². The highest BCUT2D eigenvalue weighted by atomic mass is 16.5. The highest BCUT2D eigenvalue weighted by Gasteiger charge is 2.27. The lowest BCUT2D eigenvalue weighted by atomic mass is 9.98. The molecule has 3 heterocycles. The largest absolute Gasteiger partial charge is 0.339 e. The minimum Gasteiger partial charge on any atom is -0.339 e. The Balaban J connectivity index is 1.70. The summed E-state index contributed by atoms with van der Waals surface area (Å²) < 4.78 is 5.42. The number of likely N-dealkylation sites (tertiary alicyclic amines) is 1. The second-order valence-electron chi connectivity index (χ2n) is 5.28. The SMILES string of the molecule is CN1CCCC(c2noc(C3CCNC3)n2)C1. The lowest BCUT2D eigenvalue weighted by Crippen LogP contribution is -2.31. The van der Waals surface area contributed by atoms with Crippen molar-refractivity contribution in [2.24, 2.45) is 0 Å². The second-order valence-corrected chi connectivity index (χ2v) is 5.28. The van der Waals surface area contributed by atoms with Crippen molar-refractivity contribution in [3.63, 3.8) is 0 Å². The van der Waals surface area contributed by atoms with Crippen LogP contribution in [0.2, 0.25) is 0 Å². The van der Waals surface area contributed by atoms with Gasteiger partial charge in [-0.2, -0.15) is 4.98 Å². The Kier molecular flexibility index (Phi) is 3.11. The molecule has 0 aromatic carbocycles. The first-order chi connectivity index (χ1) is 8.33. The van der Waals surface area contributed by atoms with Gasteiger partial charge in [-0.25, -0.2) is 0 Å². The molecule has 1 aromatic rings. The van der Waals surface area contributed by atoms with Crippen molar-refractivity contribution in [2.45, 2.75) is 31.1 Å². The average molecular weight is 236 g/mol. The summed E-state index contributed by atoms with van der Waals surface area (Å²) in [5, 5.41) is 7.51. The Labute approximate surface area is 102 Å². The van der Waals surface area contributed by atoms with Crippen LogP contribution in [-0.4, -0.2) is 48.3 Å². The summed E-state index contributed by atoms with van der Waals surface area (Å²) in [6.45, 7) is 4.29. The lowest BCUT2D eigenvalue weighted by Gasteiger charge is -2.27. The van der Waals surface area contributed by atoms with E-state index in [0.717, 1.165) is 37.8 Å². The normalized spacial score (nSPS) is 30.9. The molecule has 1 aromatic heterocycles. The van der Waals surface area contributed by atoms with Gasteiger partial charge < -0.3 is 14.7 Å². The number of hydrogen-bond acceptors (Lipinski definition) is 5. The Morgan fingerprint density at radius 2 is 2.29 bits per heavy atom. The van der Waals surface area contributed by atoms with Crippen LogP contribution in [0, 0.1) is 0 Å². The van der Waals surface area contributed by atoms with E-state index in [9.17, 15) is 0 Å². The summed E-state index contributed by atoms with van der Waals surface area (Å²) in [4.78, 5) is 6.95. The minimum absolute atomic E-state index is 0.428. The van der Waals surface area contributed by atoms with Crippen molar-refractivity contribution in [3.05, 3.63) is 11.7 Å². The first kappa shape index (κ1) is 11.2. The third kappa shape index (κ3) is 2.35. The predicted molar refractivity (Wildman–Crippen MR) is 64.0 cm³/mol. The Morgan fingerprint density at radius 1 is 1.35 bits per heavy atom. The summed E-state index contributed by atoms with van der Waals surface area (Å²) in [5.41, 5.74) is 0. The van der Waals surface area contributed by atoms with E-state index in [-0.39, 0.29) is 0 Å². The lowest BCUT2D eigenvalue weighted by molar-refractivity contribution is 0.242. The molecule has 0 radical (unpaired) electrons. The van der Waals surface area contributed by atoms with E-state index < -0.39 is 0 Å². The van der Waals surface area contributed by atoms with Crippen LogP contribution in [0.1, 0.15) is 42.8 Å². The number of nitrogens with zero attached hydrogens (tertiary/aromatic N) is 3. The predicted octanol–water partition coefficient (Wildman–Crippen LogP) is 0.956. The first-order valence-corrected chi connectivity index (χ1v) is 6.55. The fourth-order valence-corrected chi connectivity index (χ4v) is 2.82. The second kappa shape index (κ2) is 4.74. The Hall–Kier alpha value is -0.940. The molecule has 0 saturated carbocycles. The monoisotopic (exact) mass is 236 g/mol. The fraction of sp³-hybridized carbons (Fsp3) is 0.833. The zero-order chi connectivity index (χ0) is 11.7. The maximum absolute atomic E-state index is 5.42. The van der Waals surface area contributed by atoms with Crippen LogP contribution in [0.5, 0.6) is 0 Å². The van der Waals surface area contributed by atoms with Crippen molar-refractivity contribution >= 4 is 0 Å². The quantitative estimate of drug-likeness (QED) is 0.828. The van der Waals surface area contributed by atoms with Crippen molar-refractivity contribution in [2.75, 3.05) is 33.2 Å². The van der Waals surface area contributed by atoms with Crippen LogP contribution in [0.15, 0.2) is 4.52 Å². The minimum atomic E-state index is 0.428. The molecule has 2 atom stereocenters. The van der Waals surface area contributed by atoms with Crippen LogP contribution < -0.4 is 5.32 Å². The summed E-state index contributed by atoms with van der Waals surface area (Å²) in [6.07, 6.45) is 3.54. The molecule has 0 spiro atoms. The molecule has 2 saturated heterocycles. The standard InChI is InChI=1S/C12H20N4O/c1-16-6-2-3-10(8-16)11-14-12(17-15-11)9-4-5-13-7-9/h9-10,13H,2-8H2,1H3. The molecule has 3 rings (SSSR count). The molecule has 17 heavy (non-hydrogen) atoms. The van der Waals surface area contributed by atoms with Gasteiger partial charge in [0, 0.05) is 19.0 Å². The van der Waals surface area contributed by atoms with E-state index in [0.29, 0.717) is 11.8 Å². The number of aromatic nitrogens is 2. The molecule has 1 N–H and O–H groups in total. The van der Waals surface area contributed by atoms with Crippen LogP contribution >= 0.6 is 0 Å². The van der Waals surface area contributed by atoms with Gasteiger partial charge in [0.2, 0.25) is 5.89 Å². The molecular formula is C12H20N4O. The summed E-state index contributed by atoms with van der Waals surface area (Å²) in [6, 6.07) is 0. The molecule has 2 aliphatic heterocycles. The van der Waals surface area contributed by atoms with Crippen molar-refractivity contribution in [1.82, 2.24) is 20.4 Å². The number of nitrogens with one attached hydrogen (secondary N) is 1. The highest BCUT2D eigenvalue weighted by Crippen LogP contribution is 2.26. The van der Waals surface area contributed by atoms with Gasteiger partial charge in [-0.05, 0) is 39.4 Å². The van der Waals surface area contributed by atoms with Gasteiger partial charge in [-0.1, -0.05) is 5.16 Å². The number of hydrogen-bond donors (Lipinski definition) is 1. The molecule has 0 amide bonds. The zero-order valence-corrected chi connectivity index (χ0v) is 10.4. The zero-order valence-electron chi connectivity index (χ0n) is 10.4. The van der Waals surface area contributed by atoms with E-state index in [2.05, 4.69) is 27.4 Å². The summed E-state index contributed by atoms with van der Waals surface area (Å²) >= 11 is 0. The van der Waals surface area contributed by atoms with Crippen LogP contribution in [0.25, 0.3) is 0 Å². The van der Waals surface area contributed by atoms with Crippen LogP contribution in [0.3, 0.4) is 0 Å². The van der Waals surface area contributed by atoms with Gasteiger partial charge in [0.25, 0.3) is 0 Å². The van der Waals surface area contributed by atoms with Gasteiger partial charge in [0.15, 0.2) is 5.82 Å². The van der Waals surface area contributed by atoms with Gasteiger partial charge in [-0.3, -0.25) is 0 Å². The van der Waals surface area contributed by atoms with E-state index in [1.807, 2.05) is 0 Å². The maximum Gasteiger partial charge on any atom is 0.231 e. The molecule has 2 fully saturated rings. The smallest absolute Gasteiger partial charge is 0.231 e. The van der Waals surface area contributed by atoms with E-state index in [1.165, 1.54) is 19.4 Å². The summed E-state index contributed by atoms with van der Waals surface area (Å²) in [7, 11) is 2.16. The first-order valence-electron chi connectivity index (χ1n) is 6.55. The summed E-state index contributed by atoms with van der Waals surface area (Å²) in [5.74, 6) is 2.63. The molecule has 5 nitrogen and oxygen atoms in total. The van der Waals surface area contributed by atoms with Gasteiger partial charge in [-0.15, -0.1) is 0 Å². The van der Waals surface area contributed by atoms with Crippen molar-refractivity contribution in [1.29, 1.82) is 0 Å². The molecule has 0 bridgehead atoms. The number of piperidine rings is 1. The van der Waals surface area contributed by atoms with E-state index in [4.69, 9.17) is 4.52 Å². The average Bonchev–Trinajstić information content (AvgIpc) is 3.00. The fourth-order valence-electron chi connectivity index (χ4n) is 2.82. The van der Waals surface area contributed by atoms with Crippen LogP contribution in [0.4, 0.5) is 0 Å². The molecular weight excluding hydrogens is 216 g/mol. The third-order valence-corrected chi connectivity index (χ3v) is 3.86. The Morgan fingerprint density at radius 3 is 3.06 bits per heavy atom. The number of likely N-dealkylation sites (N-methyl/N-ethyl adjacent to an activating group) is 1. The van der Waals surface area contributed by atoms with Crippen LogP contribution in [-0.2, 0) is 0 Å². The highest BCUT2D eigenvalue weighted by molar-refractivity contribution is 5.03. The van der Waals surface area contributed by atoms with E-state index >= 15 is 0 Å². The Bertz CT molecular complexity index is 372. The molecule has 2 aliphatic rings. The van der Waals surface area contributed by atoms with Crippen molar-refractivity contribution in [3.8, 4) is 0 Å². The number of rotatable bonds is 2. The molecule has 2 unspecified atom stereocenters. The van der Waals surface area contributed by atoms with Gasteiger partial charge >= 0.3 is 0 Å². The van der Waals surface area contributed by atoms with Gasteiger partial charge in [0.1, 0.15) is 0 Å². The molecule has 0 aliphatic carbocycles. The third-order valence-electron chi connectivity index (χ3n) is 3.86. The van der Waals surface area contributed by atoms with Crippen molar-refractivity contribution < 1.29 is 4.52 Å². The van der Waals surface area contributed by atoms with Gasteiger partial charge in [0.05, 0.1) is 5.92 Å². The molecule has 5 heteroatoms. The molecule has 94 valence electrons.